The second-order valence-corrected chi connectivity index (χ2v) is 6.02. The van der Waals surface area contributed by atoms with E-state index in [0.29, 0.717) is 12.5 Å². The number of fused-ring (bicyclic) bond motifs is 1. The van der Waals surface area contributed by atoms with Crippen molar-refractivity contribution in [2.45, 2.75) is 45.1 Å². The van der Waals surface area contributed by atoms with Crippen molar-refractivity contribution in [3.05, 3.63) is 17.7 Å². The molecule has 0 saturated carbocycles. The molecule has 5 nitrogen and oxygen atoms in total. The van der Waals surface area contributed by atoms with E-state index in [1.807, 2.05) is 6.20 Å². The van der Waals surface area contributed by atoms with Crippen LogP contribution >= 0.6 is 0 Å². The number of imidazole rings is 1. The fourth-order valence-electron chi connectivity index (χ4n) is 3.55. The van der Waals surface area contributed by atoms with Gasteiger partial charge in [-0.05, 0) is 38.8 Å². The Hall–Kier alpha value is -1.36. The van der Waals surface area contributed by atoms with E-state index in [9.17, 15) is 9.90 Å². The molecule has 0 aromatic carbocycles. The average molecular weight is 277 g/mol. The van der Waals surface area contributed by atoms with Gasteiger partial charge in [-0.15, -0.1) is 0 Å². The first-order valence-corrected chi connectivity index (χ1v) is 7.68. The Morgan fingerprint density at radius 3 is 3.05 bits per heavy atom. The van der Waals surface area contributed by atoms with Crippen LogP contribution in [0.4, 0.5) is 0 Å². The third-order valence-corrected chi connectivity index (χ3v) is 4.79. The van der Waals surface area contributed by atoms with Gasteiger partial charge in [0.2, 0.25) is 0 Å². The largest absolute Gasteiger partial charge is 0.481 e. The number of piperidine rings is 1. The topological polar surface area (TPSA) is 58.4 Å². The molecular formula is C15H23N3O2. The van der Waals surface area contributed by atoms with E-state index < -0.39 is 5.97 Å². The summed E-state index contributed by atoms with van der Waals surface area (Å²) in [5, 5.41) is 9.24. The Balaban J connectivity index is 1.81. The summed E-state index contributed by atoms with van der Waals surface area (Å²) in [7, 11) is 0. The van der Waals surface area contributed by atoms with Crippen LogP contribution in [0.3, 0.4) is 0 Å². The van der Waals surface area contributed by atoms with Gasteiger partial charge < -0.3 is 14.6 Å². The maximum Gasteiger partial charge on any atom is 0.308 e. The van der Waals surface area contributed by atoms with E-state index in [0.717, 1.165) is 31.8 Å². The minimum atomic E-state index is -0.672. The molecule has 1 aromatic rings. The van der Waals surface area contributed by atoms with Gasteiger partial charge in [0.05, 0.1) is 5.92 Å². The van der Waals surface area contributed by atoms with Gasteiger partial charge in [-0.3, -0.25) is 4.79 Å². The van der Waals surface area contributed by atoms with Crippen LogP contribution in [0, 0.1) is 5.92 Å². The monoisotopic (exact) mass is 277 g/mol. The van der Waals surface area contributed by atoms with E-state index in [4.69, 9.17) is 0 Å². The number of likely N-dealkylation sites (N-methyl/N-ethyl adjacent to an activating group) is 1. The second-order valence-electron chi connectivity index (χ2n) is 6.02. The molecule has 1 fully saturated rings. The van der Waals surface area contributed by atoms with Gasteiger partial charge in [0, 0.05) is 30.9 Å². The minimum absolute atomic E-state index is 0.249. The fraction of sp³-hybridized carbons (Fsp3) is 0.733. The number of carboxylic acids is 1. The first kappa shape index (κ1) is 13.6. The Bertz CT molecular complexity index is 497. The molecule has 1 aromatic heterocycles. The molecule has 1 saturated heterocycles. The van der Waals surface area contributed by atoms with Gasteiger partial charge >= 0.3 is 5.97 Å². The Labute approximate surface area is 119 Å². The zero-order valence-electron chi connectivity index (χ0n) is 12.1. The highest BCUT2D eigenvalue weighted by Gasteiger charge is 2.30. The molecule has 1 N–H and O–H groups in total. The number of carbonyl (C=O) groups is 1. The van der Waals surface area contributed by atoms with Gasteiger partial charge in [-0.2, -0.15) is 0 Å². The lowest BCUT2D eigenvalue weighted by molar-refractivity contribution is -0.142. The molecule has 0 spiro atoms. The molecule has 3 rings (SSSR count). The quantitative estimate of drug-likeness (QED) is 0.914. The maximum absolute atomic E-state index is 11.2. The van der Waals surface area contributed by atoms with Crippen LogP contribution < -0.4 is 0 Å². The van der Waals surface area contributed by atoms with Crippen molar-refractivity contribution in [1.29, 1.82) is 0 Å². The predicted octanol–water partition coefficient (Wildman–Crippen LogP) is 1.73. The van der Waals surface area contributed by atoms with Gasteiger partial charge in [0.15, 0.2) is 0 Å². The number of likely N-dealkylation sites (tertiary alicyclic amines) is 1. The molecule has 0 bridgehead atoms. The van der Waals surface area contributed by atoms with Gasteiger partial charge in [0.25, 0.3) is 0 Å². The number of aryl methyl sites for hydroxylation is 1. The number of aromatic nitrogens is 2. The normalized spacial score (nSPS) is 27.2. The van der Waals surface area contributed by atoms with Gasteiger partial charge in [-0.25, -0.2) is 4.98 Å². The van der Waals surface area contributed by atoms with Crippen LogP contribution in [0.2, 0.25) is 0 Å². The third-order valence-electron chi connectivity index (χ3n) is 4.79. The fourth-order valence-corrected chi connectivity index (χ4v) is 3.55. The second kappa shape index (κ2) is 5.56. The Morgan fingerprint density at radius 1 is 1.45 bits per heavy atom. The lowest BCUT2D eigenvalue weighted by Gasteiger charge is -2.33. The molecule has 2 atom stereocenters. The third kappa shape index (κ3) is 2.46. The SMILES string of the molecule is CCN1CCCC(c2ncc3n2CC(C(=O)O)CC3)C1. The van der Waals surface area contributed by atoms with Gasteiger partial charge in [-0.1, -0.05) is 6.92 Å². The summed E-state index contributed by atoms with van der Waals surface area (Å²) >= 11 is 0. The standard InChI is InChI=1S/C15H23N3O2/c1-2-17-7-3-4-11(9-17)14-16-8-13-6-5-12(15(19)20)10-18(13)14/h8,11-12H,2-7,9-10H2,1H3,(H,19,20). The van der Waals surface area contributed by atoms with Crippen molar-refractivity contribution in [1.82, 2.24) is 14.5 Å². The summed E-state index contributed by atoms with van der Waals surface area (Å²) in [6, 6.07) is 0. The molecule has 3 heterocycles. The van der Waals surface area contributed by atoms with Crippen LogP contribution in [0.15, 0.2) is 6.20 Å². The highest BCUT2D eigenvalue weighted by atomic mass is 16.4. The predicted molar refractivity (Wildman–Crippen MR) is 75.8 cm³/mol. The van der Waals surface area contributed by atoms with Crippen molar-refractivity contribution < 1.29 is 9.90 Å². The number of hydrogen-bond acceptors (Lipinski definition) is 3. The van der Waals surface area contributed by atoms with E-state index in [-0.39, 0.29) is 5.92 Å². The lowest BCUT2D eigenvalue weighted by atomic mass is 9.95. The summed E-state index contributed by atoms with van der Waals surface area (Å²) in [5.41, 5.74) is 1.21. The molecular weight excluding hydrogens is 254 g/mol. The van der Waals surface area contributed by atoms with Crippen LogP contribution in [-0.4, -0.2) is 45.2 Å². The van der Waals surface area contributed by atoms with Crippen molar-refractivity contribution in [2.75, 3.05) is 19.6 Å². The molecule has 2 aliphatic heterocycles. The summed E-state index contributed by atoms with van der Waals surface area (Å²) in [5.74, 6) is 0.657. The van der Waals surface area contributed by atoms with Crippen LogP contribution in [0.25, 0.3) is 0 Å². The molecule has 110 valence electrons. The number of hydrogen-bond donors (Lipinski definition) is 1. The van der Waals surface area contributed by atoms with E-state index in [1.165, 1.54) is 25.1 Å². The van der Waals surface area contributed by atoms with Crippen LogP contribution in [-0.2, 0) is 17.8 Å². The van der Waals surface area contributed by atoms with Crippen molar-refractivity contribution in [3.63, 3.8) is 0 Å². The average Bonchev–Trinajstić information content (AvgIpc) is 2.90. The Kier molecular flexibility index (Phi) is 3.78. The van der Waals surface area contributed by atoms with Crippen molar-refractivity contribution in [2.24, 2.45) is 5.92 Å². The summed E-state index contributed by atoms with van der Waals surface area (Å²) in [6.07, 6.45) is 5.92. The van der Waals surface area contributed by atoms with Crippen molar-refractivity contribution >= 4 is 5.97 Å². The van der Waals surface area contributed by atoms with E-state index in [1.54, 1.807) is 0 Å². The smallest absolute Gasteiger partial charge is 0.308 e. The molecule has 0 amide bonds. The summed E-state index contributed by atoms with van der Waals surface area (Å²) in [6.45, 7) is 6.12. The number of nitrogens with zero attached hydrogens (tertiary/aromatic N) is 3. The molecule has 5 heteroatoms. The lowest BCUT2D eigenvalue weighted by Crippen LogP contribution is -2.36. The van der Waals surface area contributed by atoms with E-state index in [2.05, 4.69) is 21.4 Å². The summed E-state index contributed by atoms with van der Waals surface area (Å²) in [4.78, 5) is 18.3. The van der Waals surface area contributed by atoms with Crippen LogP contribution in [0.5, 0.6) is 0 Å². The highest BCUT2D eigenvalue weighted by molar-refractivity contribution is 5.70. The van der Waals surface area contributed by atoms with Crippen molar-refractivity contribution in [3.8, 4) is 0 Å². The maximum atomic E-state index is 11.2. The Morgan fingerprint density at radius 2 is 2.30 bits per heavy atom. The highest BCUT2D eigenvalue weighted by Crippen LogP contribution is 2.30. The minimum Gasteiger partial charge on any atom is -0.481 e. The van der Waals surface area contributed by atoms with Gasteiger partial charge in [0.1, 0.15) is 5.82 Å². The molecule has 20 heavy (non-hydrogen) atoms. The summed E-state index contributed by atoms with van der Waals surface area (Å²) < 4.78 is 2.19. The van der Waals surface area contributed by atoms with E-state index >= 15 is 0 Å². The van der Waals surface area contributed by atoms with Crippen LogP contribution in [0.1, 0.15) is 43.6 Å². The number of carboxylic acid groups (broad SMARTS) is 1. The zero-order chi connectivity index (χ0) is 14.1. The zero-order valence-corrected chi connectivity index (χ0v) is 12.1. The molecule has 2 unspecified atom stereocenters. The molecule has 0 aliphatic carbocycles. The number of rotatable bonds is 3. The number of aliphatic carboxylic acids is 1. The molecule has 0 radical (unpaired) electrons. The first-order valence-electron chi connectivity index (χ1n) is 7.68. The molecule has 2 aliphatic rings. The first-order chi connectivity index (χ1) is 9.69.